The molecular weight excluding hydrogens is 276 g/mol. The van der Waals surface area contributed by atoms with Crippen LogP contribution in [0.5, 0.6) is 0 Å². The molecule has 0 aliphatic rings. The largest absolute Gasteiger partial charge is 0.330 e. The molecule has 0 atom stereocenters. The molecule has 0 unspecified atom stereocenters. The van der Waals surface area contributed by atoms with E-state index >= 15 is 0 Å². The van der Waals surface area contributed by atoms with E-state index in [1.165, 1.54) is 4.72 Å². The minimum absolute atomic E-state index is 0.0116. The number of nitrogens with two attached hydrogens (primary N) is 1. The Morgan fingerprint density at radius 2 is 1.61 bits per heavy atom. The van der Waals surface area contributed by atoms with Gasteiger partial charge in [0.2, 0.25) is 10.0 Å². The zero-order chi connectivity index (χ0) is 13.9. The number of hydrogen-bond acceptors (Lipinski definition) is 3. The number of nitrogens with one attached hydrogen (secondary N) is 1. The van der Waals surface area contributed by atoms with Crippen molar-refractivity contribution in [3.8, 4) is 0 Å². The Labute approximate surface area is 101 Å². The van der Waals surface area contributed by atoms with Gasteiger partial charge in [0.15, 0.2) is 23.3 Å². The Hall–Kier alpha value is -1.35. The summed E-state index contributed by atoms with van der Waals surface area (Å²) in [5.41, 5.74) is 3.71. The molecule has 3 N–H and O–H groups in total. The summed E-state index contributed by atoms with van der Waals surface area (Å²) in [6, 6.07) is -0.0116. The first-order valence-corrected chi connectivity index (χ1v) is 6.47. The van der Waals surface area contributed by atoms with Crippen LogP contribution in [0.15, 0.2) is 6.07 Å². The number of rotatable bonds is 5. The molecule has 102 valence electrons. The van der Waals surface area contributed by atoms with Crippen molar-refractivity contribution in [1.82, 2.24) is 0 Å². The lowest BCUT2D eigenvalue weighted by molar-refractivity contribution is 0.459. The zero-order valence-corrected chi connectivity index (χ0v) is 9.83. The molecule has 0 amide bonds. The van der Waals surface area contributed by atoms with Crippen LogP contribution in [0.1, 0.15) is 6.42 Å². The lowest BCUT2D eigenvalue weighted by atomic mass is 10.3. The average Bonchev–Trinajstić information content (AvgIpc) is 2.30. The van der Waals surface area contributed by atoms with Gasteiger partial charge in [0, 0.05) is 6.07 Å². The number of anilines is 1. The van der Waals surface area contributed by atoms with E-state index in [-0.39, 0.29) is 19.0 Å². The fourth-order valence-corrected chi connectivity index (χ4v) is 2.28. The molecule has 18 heavy (non-hydrogen) atoms. The van der Waals surface area contributed by atoms with Crippen molar-refractivity contribution in [1.29, 1.82) is 0 Å². The van der Waals surface area contributed by atoms with Gasteiger partial charge in [-0.1, -0.05) is 0 Å². The van der Waals surface area contributed by atoms with Gasteiger partial charge in [-0.05, 0) is 13.0 Å². The molecule has 0 aliphatic heterocycles. The van der Waals surface area contributed by atoms with Crippen LogP contribution in [-0.4, -0.2) is 20.7 Å². The first-order valence-electron chi connectivity index (χ1n) is 4.82. The summed E-state index contributed by atoms with van der Waals surface area (Å²) in [4.78, 5) is 0. The van der Waals surface area contributed by atoms with Crippen molar-refractivity contribution in [2.45, 2.75) is 6.42 Å². The second kappa shape index (κ2) is 5.53. The van der Waals surface area contributed by atoms with Gasteiger partial charge < -0.3 is 5.73 Å². The molecule has 9 heteroatoms. The molecule has 1 rings (SSSR count). The van der Waals surface area contributed by atoms with Crippen molar-refractivity contribution >= 4 is 15.7 Å². The summed E-state index contributed by atoms with van der Waals surface area (Å²) in [6.45, 7) is 0.0450. The molecule has 0 saturated heterocycles. The topological polar surface area (TPSA) is 72.2 Å². The predicted octanol–water partition coefficient (Wildman–Crippen LogP) is 1.33. The number of halogens is 4. The molecule has 0 aromatic heterocycles. The van der Waals surface area contributed by atoms with Crippen molar-refractivity contribution < 1.29 is 26.0 Å². The summed E-state index contributed by atoms with van der Waals surface area (Å²) in [6.07, 6.45) is 0.0381. The van der Waals surface area contributed by atoms with Crippen LogP contribution in [0.2, 0.25) is 0 Å². The molecule has 0 bridgehead atoms. The van der Waals surface area contributed by atoms with E-state index in [2.05, 4.69) is 0 Å². The van der Waals surface area contributed by atoms with Crippen molar-refractivity contribution in [3.05, 3.63) is 29.3 Å². The highest BCUT2D eigenvalue weighted by Crippen LogP contribution is 2.25. The van der Waals surface area contributed by atoms with E-state index in [1.807, 2.05) is 0 Å². The van der Waals surface area contributed by atoms with Crippen LogP contribution in [0, 0.1) is 23.3 Å². The molecule has 0 radical (unpaired) electrons. The molecule has 0 fully saturated rings. The van der Waals surface area contributed by atoms with Crippen molar-refractivity contribution in [3.63, 3.8) is 0 Å². The van der Waals surface area contributed by atoms with Gasteiger partial charge in [-0.15, -0.1) is 0 Å². The summed E-state index contributed by atoms with van der Waals surface area (Å²) >= 11 is 0. The summed E-state index contributed by atoms with van der Waals surface area (Å²) in [7, 11) is -4.12. The summed E-state index contributed by atoms with van der Waals surface area (Å²) in [5.74, 6) is -7.49. The lowest BCUT2D eigenvalue weighted by Gasteiger charge is -2.10. The van der Waals surface area contributed by atoms with Crippen molar-refractivity contribution in [2.75, 3.05) is 17.0 Å². The van der Waals surface area contributed by atoms with Crippen LogP contribution in [0.3, 0.4) is 0 Å². The Bertz CT molecular complexity index is 522. The van der Waals surface area contributed by atoms with Crippen LogP contribution in [0.4, 0.5) is 23.2 Å². The average molecular weight is 286 g/mol. The lowest BCUT2D eigenvalue weighted by Crippen LogP contribution is -2.21. The van der Waals surface area contributed by atoms with Gasteiger partial charge in [-0.2, -0.15) is 0 Å². The highest BCUT2D eigenvalue weighted by Gasteiger charge is 2.22. The van der Waals surface area contributed by atoms with Gasteiger partial charge in [-0.3, -0.25) is 4.72 Å². The minimum Gasteiger partial charge on any atom is -0.330 e. The van der Waals surface area contributed by atoms with Gasteiger partial charge in [0.1, 0.15) is 5.69 Å². The standard InChI is InChI=1S/C9H10F4N2O2S/c10-5-4-6(11)8(13)9(7(5)12)15-18(16,17)3-1-2-14/h4,15H,1-3,14H2. The molecule has 4 nitrogen and oxygen atoms in total. The van der Waals surface area contributed by atoms with E-state index in [9.17, 15) is 26.0 Å². The second-order valence-electron chi connectivity index (χ2n) is 3.41. The SMILES string of the molecule is NCCCS(=O)(=O)Nc1c(F)c(F)cc(F)c1F. The quantitative estimate of drug-likeness (QED) is 0.633. The van der Waals surface area contributed by atoms with E-state index in [0.717, 1.165) is 0 Å². The summed E-state index contributed by atoms with van der Waals surface area (Å²) in [5, 5.41) is 0. The molecule has 1 aromatic rings. The fraction of sp³-hybridized carbons (Fsp3) is 0.333. The number of benzene rings is 1. The normalized spacial score (nSPS) is 11.6. The number of hydrogen-bond donors (Lipinski definition) is 2. The molecular formula is C9H10F4N2O2S. The molecule has 0 aliphatic carbocycles. The highest BCUT2D eigenvalue weighted by molar-refractivity contribution is 7.92. The van der Waals surface area contributed by atoms with Crippen molar-refractivity contribution in [2.24, 2.45) is 5.73 Å². The maximum atomic E-state index is 13.2. The minimum atomic E-state index is -4.12. The van der Waals surface area contributed by atoms with Gasteiger partial charge in [-0.25, -0.2) is 26.0 Å². The van der Waals surface area contributed by atoms with Crippen LogP contribution in [-0.2, 0) is 10.0 Å². The molecule has 0 heterocycles. The Balaban J connectivity index is 3.12. The Morgan fingerprint density at radius 3 is 2.06 bits per heavy atom. The molecule has 0 saturated carbocycles. The van der Waals surface area contributed by atoms with Gasteiger partial charge >= 0.3 is 0 Å². The van der Waals surface area contributed by atoms with Crippen LogP contribution < -0.4 is 10.5 Å². The summed E-state index contributed by atoms with van der Waals surface area (Å²) < 4.78 is 76.1. The van der Waals surface area contributed by atoms with Gasteiger partial charge in [0.25, 0.3) is 0 Å². The smallest absolute Gasteiger partial charge is 0.232 e. The third kappa shape index (κ3) is 3.33. The highest BCUT2D eigenvalue weighted by atomic mass is 32.2. The Kier molecular flexibility index (Phi) is 4.52. The monoisotopic (exact) mass is 286 g/mol. The van der Waals surface area contributed by atoms with E-state index in [0.29, 0.717) is 0 Å². The van der Waals surface area contributed by atoms with Gasteiger partial charge in [0.05, 0.1) is 5.75 Å². The Morgan fingerprint density at radius 1 is 1.11 bits per heavy atom. The maximum absolute atomic E-state index is 13.2. The van der Waals surface area contributed by atoms with Crippen LogP contribution in [0.25, 0.3) is 0 Å². The van der Waals surface area contributed by atoms with E-state index in [1.54, 1.807) is 0 Å². The first kappa shape index (κ1) is 14.7. The second-order valence-corrected chi connectivity index (χ2v) is 5.25. The maximum Gasteiger partial charge on any atom is 0.232 e. The first-order chi connectivity index (χ1) is 8.28. The third-order valence-corrected chi connectivity index (χ3v) is 3.33. The third-order valence-electron chi connectivity index (χ3n) is 1.99. The predicted molar refractivity (Wildman–Crippen MR) is 57.4 cm³/mol. The molecule has 1 aromatic carbocycles. The number of sulfonamides is 1. The zero-order valence-electron chi connectivity index (χ0n) is 9.01. The van der Waals surface area contributed by atoms with E-state index < -0.39 is 44.7 Å². The van der Waals surface area contributed by atoms with E-state index in [4.69, 9.17) is 5.73 Å². The van der Waals surface area contributed by atoms with Crippen LogP contribution >= 0.6 is 0 Å². The molecule has 0 spiro atoms. The fourth-order valence-electron chi connectivity index (χ4n) is 1.14.